The molecule has 5 heteroatoms. The first-order chi connectivity index (χ1) is 11.6. The van der Waals surface area contributed by atoms with E-state index in [0.717, 1.165) is 16.3 Å². The second-order valence-corrected chi connectivity index (χ2v) is 6.51. The van der Waals surface area contributed by atoms with E-state index in [9.17, 15) is 4.79 Å². The van der Waals surface area contributed by atoms with Gasteiger partial charge in [0.25, 0.3) is 0 Å². The molecule has 0 aliphatic rings. The number of nitrogens with zero attached hydrogens (tertiary/aromatic N) is 1. The van der Waals surface area contributed by atoms with Gasteiger partial charge in [0.15, 0.2) is 0 Å². The molecule has 122 valence electrons. The van der Waals surface area contributed by atoms with Crippen molar-refractivity contribution in [3.05, 3.63) is 64.7 Å². The minimum Gasteiger partial charge on any atom is -0.497 e. The first-order valence-electron chi connectivity index (χ1n) is 7.47. The Kier molecular flexibility index (Phi) is 4.62. The summed E-state index contributed by atoms with van der Waals surface area (Å²) in [5.41, 5.74) is 2.53. The summed E-state index contributed by atoms with van der Waals surface area (Å²) in [6.45, 7) is 4.05. The lowest BCUT2D eigenvalue weighted by Crippen LogP contribution is -2.08. The lowest BCUT2D eigenvalue weighted by Gasteiger charge is -2.06. The molecule has 0 spiro atoms. The maximum Gasteiger partial charge on any atom is 0.343 e. The Bertz CT molecular complexity index is 849. The Morgan fingerprint density at radius 1 is 1.04 bits per heavy atom. The summed E-state index contributed by atoms with van der Waals surface area (Å²) in [6, 6.07) is 14.2. The molecule has 1 aromatic heterocycles. The number of aryl methyl sites for hydroxylation is 2. The molecule has 0 radical (unpaired) electrons. The van der Waals surface area contributed by atoms with Gasteiger partial charge < -0.3 is 9.47 Å². The number of carbonyl (C=O) groups excluding carboxylic acids is 1. The SMILES string of the molecule is COc1cccc(OC(=O)c2ccc(-c3nc(C)c(C)s3)cc2)c1. The van der Waals surface area contributed by atoms with Crippen molar-refractivity contribution in [2.45, 2.75) is 13.8 Å². The van der Waals surface area contributed by atoms with E-state index in [1.165, 1.54) is 4.88 Å². The maximum absolute atomic E-state index is 12.2. The van der Waals surface area contributed by atoms with E-state index in [0.29, 0.717) is 17.1 Å². The fourth-order valence-corrected chi connectivity index (χ4v) is 3.10. The van der Waals surface area contributed by atoms with Crippen LogP contribution >= 0.6 is 11.3 Å². The predicted octanol–water partition coefficient (Wildman–Crippen LogP) is 4.65. The van der Waals surface area contributed by atoms with Crippen molar-refractivity contribution in [1.82, 2.24) is 4.98 Å². The Balaban J connectivity index is 1.76. The largest absolute Gasteiger partial charge is 0.497 e. The number of hydrogen-bond acceptors (Lipinski definition) is 5. The zero-order valence-electron chi connectivity index (χ0n) is 13.7. The van der Waals surface area contributed by atoms with Crippen LogP contribution in [0.2, 0.25) is 0 Å². The first kappa shape index (κ1) is 16.2. The fourth-order valence-electron chi connectivity index (χ4n) is 2.18. The number of carbonyl (C=O) groups is 1. The van der Waals surface area contributed by atoms with E-state index in [1.54, 1.807) is 54.8 Å². The monoisotopic (exact) mass is 339 g/mol. The van der Waals surface area contributed by atoms with Crippen LogP contribution in [-0.2, 0) is 0 Å². The smallest absolute Gasteiger partial charge is 0.343 e. The van der Waals surface area contributed by atoms with E-state index in [4.69, 9.17) is 9.47 Å². The molecule has 0 saturated heterocycles. The van der Waals surface area contributed by atoms with Crippen molar-refractivity contribution >= 4 is 17.3 Å². The highest BCUT2D eigenvalue weighted by Crippen LogP contribution is 2.27. The molecule has 0 aliphatic carbocycles. The van der Waals surface area contributed by atoms with Crippen molar-refractivity contribution in [2.75, 3.05) is 7.11 Å². The molecule has 0 saturated carbocycles. The summed E-state index contributed by atoms with van der Waals surface area (Å²) in [4.78, 5) is 18.0. The number of aromatic nitrogens is 1. The van der Waals surface area contributed by atoms with Gasteiger partial charge in [-0.05, 0) is 38.1 Å². The summed E-state index contributed by atoms with van der Waals surface area (Å²) >= 11 is 1.65. The third kappa shape index (κ3) is 3.46. The third-order valence-electron chi connectivity index (χ3n) is 3.65. The van der Waals surface area contributed by atoms with Gasteiger partial charge in [-0.3, -0.25) is 0 Å². The number of rotatable bonds is 4. The van der Waals surface area contributed by atoms with Crippen LogP contribution in [-0.4, -0.2) is 18.1 Å². The summed E-state index contributed by atoms with van der Waals surface area (Å²) in [5, 5.41) is 0.956. The second-order valence-electron chi connectivity index (χ2n) is 5.31. The number of thiazole rings is 1. The van der Waals surface area contributed by atoms with Crippen molar-refractivity contribution < 1.29 is 14.3 Å². The van der Waals surface area contributed by atoms with Crippen LogP contribution < -0.4 is 9.47 Å². The predicted molar refractivity (Wildman–Crippen MR) is 95.0 cm³/mol. The van der Waals surface area contributed by atoms with Crippen molar-refractivity contribution in [3.63, 3.8) is 0 Å². The molecule has 4 nitrogen and oxygen atoms in total. The number of esters is 1. The highest BCUT2D eigenvalue weighted by molar-refractivity contribution is 7.15. The number of methoxy groups -OCH3 is 1. The fraction of sp³-hybridized carbons (Fsp3) is 0.158. The van der Waals surface area contributed by atoms with E-state index in [2.05, 4.69) is 11.9 Å². The highest BCUT2D eigenvalue weighted by Gasteiger charge is 2.11. The molecule has 0 fully saturated rings. The molecule has 0 atom stereocenters. The first-order valence-corrected chi connectivity index (χ1v) is 8.29. The van der Waals surface area contributed by atoms with Crippen molar-refractivity contribution in [3.8, 4) is 22.1 Å². The zero-order chi connectivity index (χ0) is 17.1. The molecule has 3 aromatic rings. The quantitative estimate of drug-likeness (QED) is 0.512. The molecular formula is C19H17NO3S. The number of benzene rings is 2. The molecule has 0 amide bonds. The van der Waals surface area contributed by atoms with Crippen LogP contribution in [0.25, 0.3) is 10.6 Å². The van der Waals surface area contributed by atoms with Crippen LogP contribution in [0, 0.1) is 13.8 Å². The normalized spacial score (nSPS) is 10.5. The van der Waals surface area contributed by atoms with Gasteiger partial charge >= 0.3 is 5.97 Å². The Hall–Kier alpha value is -2.66. The van der Waals surface area contributed by atoms with Gasteiger partial charge in [0.05, 0.1) is 18.4 Å². The molecule has 0 unspecified atom stereocenters. The summed E-state index contributed by atoms with van der Waals surface area (Å²) < 4.78 is 10.5. The van der Waals surface area contributed by atoms with Gasteiger partial charge in [-0.15, -0.1) is 11.3 Å². The average molecular weight is 339 g/mol. The molecule has 24 heavy (non-hydrogen) atoms. The number of ether oxygens (including phenoxy) is 2. The van der Waals surface area contributed by atoms with Crippen LogP contribution in [0.5, 0.6) is 11.5 Å². The van der Waals surface area contributed by atoms with E-state index in [1.807, 2.05) is 19.1 Å². The van der Waals surface area contributed by atoms with E-state index < -0.39 is 5.97 Å². The van der Waals surface area contributed by atoms with Gasteiger partial charge in [-0.1, -0.05) is 18.2 Å². The minimum atomic E-state index is -0.402. The maximum atomic E-state index is 12.2. The van der Waals surface area contributed by atoms with Crippen LogP contribution in [0.4, 0.5) is 0 Å². The standard InChI is InChI=1S/C19H17NO3S/c1-12-13(2)24-18(20-12)14-7-9-15(10-8-14)19(21)23-17-6-4-5-16(11-17)22-3/h4-11H,1-3H3. The lowest BCUT2D eigenvalue weighted by molar-refractivity contribution is 0.0734. The summed E-state index contributed by atoms with van der Waals surface area (Å²) in [6.07, 6.45) is 0. The Morgan fingerprint density at radius 3 is 2.38 bits per heavy atom. The molecular weight excluding hydrogens is 322 g/mol. The summed E-state index contributed by atoms with van der Waals surface area (Å²) in [7, 11) is 1.57. The Labute approximate surface area is 144 Å². The van der Waals surface area contributed by atoms with Gasteiger partial charge in [0.1, 0.15) is 16.5 Å². The Morgan fingerprint density at radius 2 is 1.75 bits per heavy atom. The van der Waals surface area contributed by atoms with E-state index in [-0.39, 0.29) is 0 Å². The lowest BCUT2D eigenvalue weighted by atomic mass is 10.1. The molecule has 1 heterocycles. The molecule has 2 aromatic carbocycles. The van der Waals surface area contributed by atoms with Crippen molar-refractivity contribution in [2.24, 2.45) is 0 Å². The second kappa shape index (κ2) is 6.84. The minimum absolute atomic E-state index is 0.402. The van der Waals surface area contributed by atoms with Gasteiger partial charge in [-0.2, -0.15) is 0 Å². The van der Waals surface area contributed by atoms with E-state index >= 15 is 0 Å². The molecule has 3 rings (SSSR count). The number of hydrogen-bond donors (Lipinski definition) is 0. The average Bonchev–Trinajstić information content (AvgIpc) is 2.94. The molecule has 0 aliphatic heterocycles. The molecule has 0 bridgehead atoms. The van der Waals surface area contributed by atoms with Gasteiger partial charge in [0, 0.05) is 16.5 Å². The van der Waals surface area contributed by atoms with Crippen LogP contribution in [0.1, 0.15) is 20.9 Å². The highest BCUT2D eigenvalue weighted by atomic mass is 32.1. The van der Waals surface area contributed by atoms with Gasteiger partial charge in [0.2, 0.25) is 0 Å². The topological polar surface area (TPSA) is 48.4 Å². The zero-order valence-corrected chi connectivity index (χ0v) is 14.5. The third-order valence-corrected chi connectivity index (χ3v) is 4.77. The summed E-state index contributed by atoms with van der Waals surface area (Å²) in [5.74, 6) is 0.695. The molecule has 0 N–H and O–H groups in total. The van der Waals surface area contributed by atoms with Gasteiger partial charge in [-0.25, -0.2) is 9.78 Å². The van der Waals surface area contributed by atoms with Crippen LogP contribution in [0.15, 0.2) is 48.5 Å². The van der Waals surface area contributed by atoms with Crippen LogP contribution in [0.3, 0.4) is 0 Å². The van der Waals surface area contributed by atoms with Crippen molar-refractivity contribution in [1.29, 1.82) is 0 Å².